The second kappa shape index (κ2) is 10.3. The number of aromatic nitrogens is 3. The first kappa shape index (κ1) is 23.1. The quantitative estimate of drug-likeness (QED) is 0.419. The Morgan fingerprint density at radius 3 is 2.54 bits per heavy atom. The molecule has 1 saturated heterocycles. The van der Waals surface area contributed by atoms with Crippen LogP contribution in [0.25, 0.3) is 11.4 Å². The highest BCUT2D eigenvalue weighted by Crippen LogP contribution is 2.36. The van der Waals surface area contributed by atoms with Gasteiger partial charge in [0.15, 0.2) is 0 Å². The molecule has 35 heavy (non-hydrogen) atoms. The number of nitrogens with two attached hydrogens (primary N) is 1. The van der Waals surface area contributed by atoms with Crippen LogP contribution in [0.2, 0.25) is 0 Å². The average Bonchev–Trinajstić information content (AvgIpc) is 3.65. The average molecular weight is 474 g/mol. The largest absolute Gasteiger partial charge is 0.396 e. The molecule has 3 aromatic rings. The summed E-state index contributed by atoms with van der Waals surface area (Å²) in [5.41, 5.74) is 9.77. The number of likely N-dealkylation sites (tertiary alicyclic amines) is 1. The van der Waals surface area contributed by atoms with Crippen molar-refractivity contribution < 1.29 is 4.39 Å². The highest BCUT2D eigenvalue weighted by Gasteiger charge is 2.35. The van der Waals surface area contributed by atoms with E-state index in [0.29, 0.717) is 17.6 Å². The summed E-state index contributed by atoms with van der Waals surface area (Å²) in [4.78, 5) is 16.1. The topological polar surface area (TPSA) is 92.0 Å². The van der Waals surface area contributed by atoms with Crippen LogP contribution in [0.1, 0.15) is 43.9 Å². The SMILES string of the molecule is CC1CCC(CNc2ccccn2)N1/C(=C(\N)c1ccc(F)cc1)c1ccnc(NCC2CC2)n1. The van der Waals surface area contributed by atoms with Crippen LogP contribution in [0.15, 0.2) is 60.9 Å². The molecule has 0 bridgehead atoms. The molecule has 1 saturated carbocycles. The van der Waals surface area contributed by atoms with Crippen LogP contribution in [0.4, 0.5) is 16.2 Å². The summed E-state index contributed by atoms with van der Waals surface area (Å²) >= 11 is 0. The molecule has 0 radical (unpaired) electrons. The first-order valence-corrected chi connectivity index (χ1v) is 12.3. The second-order valence-corrected chi connectivity index (χ2v) is 9.44. The van der Waals surface area contributed by atoms with Gasteiger partial charge in [0.05, 0.1) is 17.1 Å². The van der Waals surface area contributed by atoms with Gasteiger partial charge in [-0.15, -0.1) is 0 Å². The molecular weight excluding hydrogens is 441 g/mol. The standard InChI is InChI=1S/C27H32FN7/c1-18-5-12-22(17-32-24-4-2-3-14-30-24)35(18)26(25(29)20-8-10-21(28)11-9-20)23-13-15-31-27(34-23)33-16-19-6-7-19/h2-4,8-11,13-15,18-19,22H,5-7,12,16-17,29H2,1H3,(H,30,32)(H,31,33,34)/b26-25-. The van der Waals surface area contributed by atoms with Gasteiger partial charge in [-0.3, -0.25) is 0 Å². The highest BCUT2D eigenvalue weighted by molar-refractivity contribution is 5.87. The summed E-state index contributed by atoms with van der Waals surface area (Å²) in [6.45, 7) is 3.82. The fourth-order valence-corrected chi connectivity index (χ4v) is 4.67. The molecule has 8 heteroatoms. The van der Waals surface area contributed by atoms with E-state index in [1.165, 1.54) is 25.0 Å². The predicted molar refractivity (Wildman–Crippen MR) is 138 cm³/mol. The van der Waals surface area contributed by atoms with Gasteiger partial charge < -0.3 is 21.3 Å². The lowest BCUT2D eigenvalue weighted by Gasteiger charge is -2.34. The van der Waals surface area contributed by atoms with E-state index in [4.69, 9.17) is 10.7 Å². The van der Waals surface area contributed by atoms with Crippen molar-refractivity contribution in [3.8, 4) is 0 Å². The Labute approximate surface area is 205 Å². The number of hydrogen-bond donors (Lipinski definition) is 3. The summed E-state index contributed by atoms with van der Waals surface area (Å²) in [5, 5.41) is 6.84. The van der Waals surface area contributed by atoms with E-state index < -0.39 is 0 Å². The molecule has 2 unspecified atom stereocenters. The number of anilines is 2. The monoisotopic (exact) mass is 473 g/mol. The van der Waals surface area contributed by atoms with Gasteiger partial charge >= 0.3 is 0 Å². The van der Waals surface area contributed by atoms with Crippen molar-refractivity contribution in [2.45, 2.75) is 44.7 Å². The molecule has 5 rings (SSSR count). The first-order valence-electron chi connectivity index (χ1n) is 12.3. The zero-order chi connectivity index (χ0) is 24.2. The lowest BCUT2D eigenvalue weighted by Crippen LogP contribution is -2.39. The van der Waals surface area contributed by atoms with Crippen molar-refractivity contribution in [2.75, 3.05) is 23.7 Å². The van der Waals surface area contributed by atoms with E-state index in [1.807, 2.05) is 24.3 Å². The van der Waals surface area contributed by atoms with Gasteiger partial charge in [-0.25, -0.2) is 19.3 Å². The zero-order valence-electron chi connectivity index (χ0n) is 20.0. The van der Waals surface area contributed by atoms with Crippen molar-refractivity contribution in [1.82, 2.24) is 19.9 Å². The molecule has 0 amide bonds. The Kier molecular flexibility index (Phi) is 6.79. The molecule has 2 fully saturated rings. The Morgan fingerprint density at radius 1 is 0.971 bits per heavy atom. The van der Waals surface area contributed by atoms with Crippen molar-refractivity contribution in [3.63, 3.8) is 0 Å². The summed E-state index contributed by atoms with van der Waals surface area (Å²) in [6, 6.07) is 14.5. The smallest absolute Gasteiger partial charge is 0.223 e. The van der Waals surface area contributed by atoms with E-state index in [1.54, 1.807) is 24.5 Å². The van der Waals surface area contributed by atoms with E-state index in [-0.39, 0.29) is 17.9 Å². The maximum atomic E-state index is 13.7. The molecule has 1 aliphatic carbocycles. The lowest BCUT2D eigenvalue weighted by molar-refractivity contribution is 0.317. The molecular formula is C27H32FN7. The minimum atomic E-state index is -0.288. The number of benzene rings is 1. The van der Waals surface area contributed by atoms with E-state index >= 15 is 0 Å². The van der Waals surface area contributed by atoms with Gasteiger partial charge in [-0.05, 0) is 86.6 Å². The third kappa shape index (κ3) is 5.53. The van der Waals surface area contributed by atoms with Crippen molar-refractivity contribution in [2.24, 2.45) is 11.7 Å². The third-order valence-corrected chi connectivity index (χ3v) is 6.78. The molecule has 2 aromatic heterocycles. The summed E-state index contributed by atoms with van der Waals surface area (Å²) in [5.74, 6) is 1.87. The van der Waals surface area contributed by atoms with Crippen LogP contribution in [0, 0.1) is 11.7 Å². The second-order valence-electron chi connectivity index (χ2n) is 9.44. The van der Waals surface area contributed by atoms with Gasteiger partial charge in [0.1, 0.15) is 11.6 Å². The normalized spacial score (nSPS) is 20.5. The van der Waals surface area contributed by atoms with Crippen molar-refractivity contribution >= 4 is 23.2 Å². The van der Waals surface area contributed by atoms with E-state index in [0.717, 1.165) is 48.7 Å². The molecule has 7 nitrogen and oxygen atoms in total. The summed E-state index contributed by atoms with van der Waals surface area (Å²) in [7, 11) is 0. The Bertz CT molecular complexity index is 1160. The van der Waals surface area contributed by atoms with Crippen molar-refractivity contribution in [1.29, 1.82) is 0 Å². The lowest BCUT2D eigenvalue weighted by atomic mass is 10.1. The van der Waals surface area contributed by atoms with Crippen molar-refractivity contribution in [3.05, 3.63) is 78.0 Å². The number of rotatable bonds is 9. The minimum Gasteiger partial charge on any atom is -0.396 e. The van der Waals surface area contributed by atoms with Crippen LogP contribution in [0.3, 0.4) is 0 Å². The first-order chi connectivity index (χ1) is 17.1. The van der Waals surface area contributed by atoms with Crippen LogP contribution < -0.4 is 16.4 Å². The van der Waals surface area contributed by atoms with Crippen LogP contribution in [-0.2, 0) is 0 Å². The van der Waals surface area contributed by atoms with Gasteiger partial charge in [-0.1, -0.05) is 6.07 Å². The molecule has 2 atom stereocenters. The van der Waals surface area contributed by atoms with Gasteiger partial charge in [0.25, 0.3) is 0 Å². The van der Waals surface area contributed by atoms with E-state index in [9.17, 15) is 4.39 Å². The number of halogens is 1. The number of nitrogens with zero attached hydrogens (tertiary/aromatic N) is 4. The Hall–Kier alpha value is -3.68. The minimum absolute atomic E-state index is 0.193. The third-order valence-electron chi connectivity index (χ3n) is 6.78. The van der Waals surface area contributed by atoms with Crippen LogP contribution >= 0.6 is 0 Å². The molecule has 2 aliphatic rings. The van der Waals surface area contributed by atoms with Crippen LogP contribution in [0.5, 0.6) is 0 Å². The van der Waals surface area contributed by atoms with Gasteiger partial charge in [-0.2, -0.15) is 0 Å². The van der Waals surface area contributed by atoms with E-state index in [2.05, 4.69) is 32.4 Å². The summed E-state index contributed by atoms with van der Waals surface area (Å²) in [6.07, 6.45) is 8.12. The maximum Gasteiger partial charge on any atom is 0.223 e. The Morgan fingerprint density at radius 2 is 1.80 bits per heavy atom. The zero-order valence-corrected chi connectivity index (χ0v) is 20.0. The maximum absolute atomic E-state index is 13.7. The van der Waals surface area contributed by atoms with Gasteiger partial charge in [0.2, 0.25) is 5.95 Å². The predicted octanol–water partition coefficient (Wildman–Crippen LogP) is 4.58. The fraction of sp³-hybridized carbons (Fsp3) is 0.370. The number of pyridine rings is 1. The molecule has 0 spiro atoms. The molecule has 3 heterocycles. The Balaban J connectivity index is 1.50. The molecule has 4 N–H and O–H groups in total. The summed E-state index contributed by atoms with van der Waals surface area (Å²) < 4.78 is 13.7. The number of nitrogens with one attached hydrogen (secondary N) is 2. The van der Waals surface area contributed by atoms with Gasteiger partial charge in [0, 0.05) is 37.6 Å². The number of hydrogen-bond acceptors (Lipinski definition) is 7. The molecule has 1 aromatic carbocycles. The van der Waals surface area contributed by atoms with Crippen LogP contribution in [-0.4, -0.2) is 45.0 Å². The molecule has 1 aliphatic heterocycles. The molecule has 182 valence electrons. The highest BCUT2D eigenvalue weighted by atomic mass is 19.1. The fourth-order valence-electron chi connectivity index (χ4n) is 4.67.